The molecule has 0 aliphatic heterocycles. The molecule has 0 saturated heterocycles. The standard InChI is InChI=1S/C13H20N4O2/c1-4-10(8(2)3)16-13(18)11-6-5-9(7-15-11)12(14)17-19/h5-8,10,19H,4H2,1-3H3,(H2,14,17)(H,16,18). The molecule has 0 fully saturated rings. The fourth-order valence-electron chi connectivity index (χ4n) is 1.72. The Morgan fingerprint density at radius 1 is 1.53 bits per heavy atom. The monoisotopic (exact) mass is 264 g/mol. The molecule has 1 rings (SSSR count). The van der Waals surface area contributed by atoms with Crippen LogP contribution in [0, 0.1) is 5.92 Å². The Balaban J connectivity index is 2.78. The van der Waals surface area contributed by atoms with Gasteiger partial charge in [-0.1, -0.05) is 25.9 Å². The van der Waals surface area contributed by atoms with E-state index in [0.29, 0.717) is 17.2 Å². The Morgan fingerprint density at radius 2 is 2.21 bits per heavy atom. The van der Waals surface area contributed by atoms with Gasteiger partial charge in [0.05, 0.1) is 0 Å². The van der Waals surface area contributed by atoms with Gasteiger partial charge in [-0.3, -0.25) is 9.78 Å². The molecule has 0 aromatic carbocycles. The van der Waals surface area contributed by atoms with Gasteiger partial charge in [0, 0.05) is 17.8 Å². The van der Waals surface area contributed by atoms with Crippen molar-refractivity contribution in [2.24, 2.45) is 16.8 Å². The van der Waals surface area contributed by atoms with Gasteiger partial charge in [0.25, 0.3) is 5.91 Å². The first-order chi connectivity index (χ1) is 8.99. The number of carbonyl (C=O) groups is 1. The molecular formula is C13H20N4O2. The Hall–Kier alpha value is -2.11. The van der Waals surface area contributed by atoms with Crippen molar-refractivity contribution in [3.8, 4) is 0 Å². The van der Waals surface area contributed by atoms with Crippen molar-refractivity contribution in [2.75, 3.05) is 0 Å². The van der Waals surface area contributed by atoms with Gasteiger partial charge in [-0.25, -0.2) is 0 Å². The van der Waals surface area contributed by atoms with Crippen LogP contribution in [0.2, 0.25) is 0 Å². The smallest absolute Gasteiger partial charge is 0.270 e. The molecule has 0 saturated carbocycles. The van der Waals surface area contributed by atoms with E-state index < -0.39 is 0 Å². The molecule has 0 aliphatic carbocycles. The second-order valence-electron chi connectivity index (χ2n) is 4.65. The zero-order valence-electron chi connectivity index (χ0n) is 11.4. The summed E-state index contributed by atoms with van der Waals surface area (Å²) >= 11 is 0. The van der Waals surface area contributed by atoms with Crippen LogP contribution in [0.25, 0.3) is 0 Å². The highest BCUT2D eigenvalue weighted by molar-refractivity contribution is 5.98. The summed E-state index contributed by atoms with van der Waals surface area (Å²) in [6.07, 6.45) is 2.27. The summed E-state index contributed by atoms with van der Waals surface area (Å²) in [5, 5.41) is 14.3. The molecule has 1 aromatic rings. The van der Waals surface area contributed by atoms with Crippen molar-refractivity contribution in [1.82, 2.24) is 10.3 Å². The molecule has 4 N–H and O–H groups in total. The number of rotatable bonds is 5. The van der Waals surface area contributed by atoms with E-state index in [2.05, 4.69) is 29.3 Å². The summed E-state index contributed by atoms with van der Waals surface area (Å²) in [5.41, 5.74) is 6.20. The van der Waals surface area contributed by atoms with Crippen LogP contribution in [0.5, 0.6) is 0 Å². The Labute approximate surface area is 112 Å². The van der Waals surface area contributed by atoms with Crippen LogP contribution in [0.15, 0.2) is 23.5 Å². The molecule has 19 heavy (non-hydrogen) atoms. The number of oxime groups is 1. The largest absolute Gasteiger partial charge is 0.409 e. The second kappa shape index (κ2) is 6.72. The van der Waals surface area contributed by atoms with E-state index in [1.807, 2.05) is 6.92 Å². The number of carbonyl (C=O) groups excluding carboxylic acids is 1. The number of amides is 1. The number of nitrogens with two attached hydrogens (primary N) is 1. The van der Waals surface area contributed by atoms with Gasteiger partial charge < -0.3 is 16.3 Å². The van der Waals surface area contributed by atoms with E-state index in [1.165, 1.54) is 6.20 Å². The van der Waals surface area contributed by atoms with Crippen LogP contribution in [-0.2, 0) is 0 Å². The number of hydrogen-bond acceptors (Lipinski definition) is 4. The van der Waals surface area contributed by atoms with Crippen molar-refractivity contribution >= 4 is 11.7 Å². The maximum absolute atomic E-state index is 12.0. The maximum atomic E-state index is 12.0. The third kappa shape index (κ3) is 3.94. The first-order valence-electron chi connectivity index (χ1n) is 6.24. The molecule has 0 bridgehead atoms. The molecule has 0 spiro atoms. The summed E-state index contributed by atoms with van der Waals surface area (Å²) < 4.78 is 0. The predicted molar refractivity (Wildman–Crippen MR) is 73.1 cm³/mol. The zero-order chi connectivity index (χ0) is 14.4. The Bertz CT molecular complexity index is 454. The average molecular weight is 264 g/mol. The summed E-state index contributed by atoms with van der Waals surface area (Å²) in [7, 11) is 0. The number of nitrogens with zero attached hydrogens (tertiary/aromatic N) is 2. The van der Waals surface area contributed by atoms with E-state index in [0.717, 1.165) is 6.42 Å². The third-order valence-electron chi connectivity index (χ3n) is 2.96. The van der Waals surface area contributed by atoms with Crippen LogP contribution >= 0.6 is 0 Å². The molecule has 0 aliphatic rings. The molecule has 6 heteroatoms. The van der Waals surface area contributed by atoms with E-state index >= 15 is 0 Å². The second-order valence-corrected chi connectivity index (χ2v) is 4.65. The quantitative estimate of drug-likeness (QED) is 0.323. The molecule has 0 radical (unpaired) electrons. The lowest BCUT2D eigenvalue weighted by Crippen LogP contribution is -2.38. The molecule has 1 unspecified atom stereocenters. The molecule has 6 nitrogen and oxygen atoms in total. The topological polar surface area (TPSA) is 101 Å². The van der Waals surface area contributed by atoms with Gasteiger partial charge in [-0.05, 0) is 24.5 Å². The minimum Gasteiger partial charge on any atom is -0.409 e. The zero-order valence-corrected chi connectivity index (χ0v) is 11.4. The van der Waals surface area contributed by atoms with Gasteiger partial charge in [-0.15, -0.1) is 0 Å². The van der Waals surface area contributed by atoms with Crippen LogP contribution in [0.1, 0.15) is 43.2 Å². The highest BCUT2D eigenvalue weighted by Gasteiger charge is 2.16. The highest BCUT2D eigenvalue weighted by Crippen LogP contribution is 2.07. The fourth-order valence-corrected chi connectivity index (χ4v) is 1.72. The summed E-state index contributed by atoms with van der Waals surface area (Å²) in [6, 6.07) is 3.27. The maximum Gasteiger partial charge on any atom is 0.270 e. The van der Waals surface area contributed by atoms with Gasteiger partial charge in [-0.2, -0.15) is 0 Å². The lowest BCUT2D eigenvalue weighted by Gasteiger charge is -2.20. The first kappa shape index (κ1) is 14.9. The highest BCUT2D eigenvalue weighted by atomic mass is 16.4. The van der Waals surface area contributed by atoms with E-state index in [4.69, 9.17) is 10.9 Å². The Morgan fingerprint density at radius 3 is 2.63 bits per heavy atom. The van der Waals surface area contributed by atoms with Gasteiger partial charge in [0.1, 0.15) is 5.69 Å². The average Bonchev–Trinajstić information content (AvgIpc) is 2.43. The summed E-state index contributed by atoms with van der Waals surface area (Å²) in [4.78, 5) is 16.0. The molecule has 1 aromatic heterocycles. The summed E-state index contributed by atoms with van der Waals surface area (Å²) in [5.74, 6) is 0.116. The SMILES string of the molecule is CCC(NC(=O)c1ccc(C(N)=NO)cn1)C(C)C. The molecular weight excluding hydrogens is 244 g/mol. The minimum atomic E-state index is -0.216. The lowest BCUT2D eigenvalue weighted by atomic mass is 10.0. The molecule has 104 valence electrons. The molecule has 1 heterocycles. The lowest BCUT2D eigenvalue weighted by molar-refractivity contribution is 0.0919. The van der Waals surface area contributed by atoms with Crippen LogP contribution < -0.4 is 11.1 Å². The van der Waals surface area contributed by atoms with Crippen molar-refractivity contribution in [3.63, 3.8) is 0 Å². The predicted octanol–water partition coefficient (Wildman–Crippen LogP) is 1.34. The van der Waals surface area contributed by atoms with Gasteiger partial charge in [0.2, 0.25) is 0 Å². The normalized spacial score (nSPS) is 13.4. The van der Waals surface area contributed by atoms with Crippen LogP contribution in [0.3, 0.4) is 0 Å². The van der Waals surface area contributed by atoms with Crippen molar-refractivity contribution < 1.29 is 10.0 Å². The van der Waals surface area contributed by atoms with Gasteiger partial charge in [0.15, 0.2) is 5.84 Å². The molecule has 1 atom stereocenters. The van der Waals surface area contributed by atoms with Crippen molar-refractivity contribution in [2.45, 2.75) is 33.2 Å². The number of amidine groups is 1. The van der Waals surface area contributed by atoms with Crippen LogP contribution in [0.4, 0.5) is 0 Å². The first-order valence-corrected chi connectivity index (χ1v) is 6.24. The van der Waals surface area contributed by atoms with Crippen molar-refractivity contribution in [1.29, 1.82) is 0 Å². The number of hydrogen-bond donors (Lipinski definition) is 3. The van der Waals surface area contributed by atoms with Crippen molar-refractivity contribution in [3.05, 3.63) is 29.6 Å². The third-order valence-corrected chi connectivity index (χ3v) is 2.96. The van der Waals surface area contributed by atoms with E-state index in [-0.39, 0.29) is 17.8 Å². The van der Waals surface area contributed by atoms with Gasteiger partial charge >= 0.3 is 0 Å². The number of pyridine rings is 1. The van der Waals surface area contributed by atoms with E-state index in [9.17, 15) is 4.79 Å². The Kier molecular flexibility index (Phi) is 5.29. The fraction of sp³-hybridized carbons (Fsp3) is 0.462. The van der Waals surface area contributed by atoms with E-state index in [1.54, 1.807) is 12.1 Å². The van der Waals surface area contributed by atoms with Crippen LogP contribution in [-0.4, -0.2) is 28.0 Å². The summed E-state index contributed by atoms with van der Waals surface area (Å²) in [6.45, 7) is 6.15. The minimum absolute atomic E-state index is 0.0342. The molecule has 1 amide bonds. The number of nitrogens with one attached hydrogen (secondary N) is 1. The number of aromatic nitrogens is 1.